The smallest absolute Gasteiger partial charge is 0.224 e. The predicted octanol–water partition coefficient (Wildman–Crippen LogP) is 0.410. The van der Waals surface area contributed by atoms with Gasteiger partial charge in [-0.2, -0.15) is 5.21 Å². The van der Waals surface area contributed by atoms with E-state index in [1.54, 1.807) is 0 Å². The summed E-state index contributed by atoms with van der Waals surface area (Å²) < 4.78 is 0. The third-order valence-corrected chi connectivity index (χ3v) is 2.67. The van der Waals surface area contributed by atoms with Gasteiger partial charge in [-0.1, -0.05) is 29.5 Å². The van der Waals surface area contributed by atoms with Crippen molar-refractivity contribution in [2.75, 3.05) is 6.54 Å². The normalized spacial score (nSPS) is 10.3. The number of H-pyrrole nitrogens is 1. The lowest BCUT2D eigenvalue weighted by Crippen LogP contribution is -2.27. The van der Waals surface area contributed by atoms with E-state index in [4.69, 9.17) is 0 Å². The maximum Gasteiger partial charge on any atom is 0.224 e. The van der Waals surface area contributed by atoms with E-state index in [1.807, 2.05) is 31.2 Å². The molecule has 18 heavy (non-hydrogen) atoms. The molecular formula is C12H15N5O. The molecule has 94 valence electrons. The summed E-state index contributed by atoms with van der Waals surface area (Å²) in [6, 6.07) is 7.87. The van der Waals surface area contributed by atoms with Gasteiger partial charge >= 0.3 is 0 Å². The number of nitrogens with zero attached hydrogens (tertiary/aromatic N) is 3. The zero-order valence-corrected chi connectivity index (χ0v) is 10.2. The molecule has 0 saturated heterocycles. The van der Waals surface area contributed by atoms with Crippen LogP contribution in [0.5, 0.6) is 0 Å². The molecule has 0 bridgehead atoms. The Balaban J connectivity index is 1.77. The number of aromatic amines is 1. The number of nitrogens with one attached hydrogen (secondary N) is 2. The summed E-state index contributed by atoms with van der Waals surface area (Å²) in [6.45, 7) is 2.52. The average molecular weight is 245 g/mol. The molecule has 1 heterocycles. The molecule has 2 rings (SSSR count). The highest BCUT2D eigenvalue weighted by Gasteiger charge is 2.05. The molecule has 0 atom stereocenters. The third kappa shape index (κ3) is 3.38. The molecule has 6 nitrogen and oxygen atoms in total. The fourth-order valence-electron chi connectivity index (χ4n) is 1.65. The molecule has 1 aromatic carbocycles. The van der Waals surface area contributed by atoms with Gasteiger partial charge in [-0.3, -0.25) is 4.79 Å². The largest absolute Gasteiger partial charge is 0.355 e. The van der Waals surface area contributed by atoms with Gasteiger partial charge in [0.2, 0.25) is 5.91 Å². The van der Waals surface area contributed by atoms with Crippen molar-refractivity contribution in [1.29, 1.82) is 0 Å². The average Bonchev–Trinajstić information content (AvgIpc) is 2.85. The number of tetrazole rings is 1. The molecule has 0 saturated carbocycles. The molecule has 0 unspecified atom stereocenters. The molecule has 0 aliphatic carbocycles. The van der Waals surface area contributed by atoms with Gasteiger partial charge in [0.05, 0.1) is 6.42 Å². The van der Waals surface area contributed by atoms with Crippen molar-refractivity contribution in [1.82, 2.24) is 25.9 Å². The minimum absolute atomic E-state index is 0.00722. The van der Waals surface area contributed by atoms with Crippen LogP contribution < -0.4 is 5.32 Å². The van der Waals surface area contributed by atoms with E-state index >= 15 is 0 Å². The van der Waals surface area contributed by atoms with Crippen LogP contribution in [-0.2, 0) is 17.6 Å². The van der Waals surface area contributed by atoms with Gasteiger partial charge in [-0.05, 0) is 18.1 Å². The van der Waals surface area contributed by atoms with Crippen molar-refractivity contribution in [3.05, 3.63) is 41.2 Å². The lowest BCUT2D eigenvalue weighted by molar-refractivity contribution is -0.120. The van der Waals surface area contributed by atoms with Gasteiger partial charge in [-0.15, -0.1) is 10.2 Å². The first-order valence-electron chi connectivity index (χ1n) is 5.79. The monoisotopic (exact) mass is 245 g/mol. The van der Waals surface area contributed by atoms with Crippen LogP contribution in [0.3, 0.4) is 0 Å². The second-order valence-electron chi connectivity index (χ2n) is 4.03. The zero-order valence-electron chi connectivity index (χ0n) is 10.2. The summed E-state index contributed by atoms with van der Waals surface area (Å²) in [7, 11) is 0. The Morgan fingerprint density at radius 3 is 2.94 bits per heavy atom. The first kappa shape index (κ1) is 12.2. The molecular weight excluding hydrogens is 230 g/mol. The summed E-state index contributed by atoms with van der Waals surface area (Å²) in [5, 5.41) is 16.3. The molecule has 2 aromatic rings. The number of hydrogen-bond donors (Lipinski definition) is 2. The highest BCUT2D eigenvalue weighted by atomic mass is 16.1. The van der Waals surface area contributed by atoms with E-state index < -0.39 is 0 Å². The predicted molar refractivity (Wildman–Crippen MR) is 65.8 cm³/mol. The Morgan fingerprint density at radius 2 is 2.22 bits per heavy atom. The highest BCUT2D eigenvalue weighted by Crippen LogP contribution is 2.07. The number of rotatable bonds is 5. The molecule has 1 amide bonds. The van der Waals surface area contributed by atoms with E-state index in [1.165, 1.54) is 0 Å². The van der Waals surface area contributed by atoms with E-state index in [-0.39, 0.29) is 5.91 Å². The van der Waals surface area contributed by atoms with Gasteiger partial charge in [0.15, 0.2) is 5.82 Å². The third-order valence-electron chi connectivity index (χ3n) is 2.67. The minimum atomic E-state index is 0.00722. The van der Waals surface area contributed by atoms with Crippen LogP contribution in [0.15, 0.2) is 24.3 Å². The minimum Gasteiger partial charge on any atom is -0.355 e. The van der Waals surface area contributed by atoms with Crippen LogP contribution in [0.1, 0.15) is 17.0 Å². The van der Waals surface area contributed by atoms with Crippen molar-refractivity contribution >= 4 is 5.91 Å². The van der Waals surface area contributed by atoms with E-state index in [2.05, 4.69) is 25.9 Å². The topological polar surface area (TPSA) is 83.6 Å². The number of aromatic nitrogens is 4. The van der Waals surface area contributed by atoms with Crippen LogP contribution in [0.4, 0.5) is 0 Å². The lowest BCUT2D eigenvalue weighted by atomic mass is 10.1. The Bertz CT molecular complexity index is 509. The molecule has 2 N–H and O–H groups in total. The number of benzene rings is 1. The molecule has 1 aromatic heterocycles. The standard InChI is InChI=1S/C12H15N5O/c1-9-4-2-3-5-10(9)8-12(18)13-7-6-11-14-16-17-15-11/h2-5H,6-8H2,1H3,(H,13,18)(H,14,15,16,17). The van der Waals surface area contributed by atoms with Crippen molar-refractivity contribution < 1.29 is 4.79 Å². The molecule has 0 spiro atoms. The van der Waals surface area contributed by atoms with Crippen LogP contribution in [0, 0.1) is 6.92 Å². The fraction of sp³-hybridized carbons (Fsp3) is 0.333. The summed E-state index contributed by atoms with van der Waals surface area (Å²) in [4.78, 5) is 11.7. The van der Waals surface area contributed by atoms with E-state index in [0.29, 0.717) is 25.2 Å². The molecule has 0 radical (unpaired) electrons. The van der Waals surface area contributed by atoms with Crippen LogP contribution in [0.2, 0.25) is 0 Å². The second-order valence-corrected chi connectivity index (χ2v) is 4.03. The van der Waals surface area contributed by atoms with Crippen LogP contribution in [0.25, 0.3) is 0 Å². The van der Waals surface area contributed by atoms with Crippen molar-refractivity contribution in [2.45, 2.75) is 19.8 Å². The zero-order chi connectivity index (χ0) is 12.8. The Hall–Kier alpha value is -2.24. The van der Waals surface area contributed by atoms with Crippen LogP contribution in [-0.4, -0.2) is 33.1 Å². The van der Waals surface area contributed by atoms with Gasteiger partial charge in [0, 0.05) is 13.0 Å². The second kappa shape index (κ2) is 5.90. The quantitative estimate of drug-likeness (QED) is 0.799. The van der Waals surface area contributed by atoms with E-state index in [9.17, 15) is 4.79 Å². The van der Waals surface area contributed by atoms with Crippen molar-refractivity contribution in [3.8, 4) is 0 Å². The molecule has 6 heteroatoms. The van der Waals surface area contributed by atoms with Crippen molar-refractivity contribution in [3.63, 3.8) is 0 Å². The maximum atomic E-state index is 11.7. The van der Waals surface area contributed by atoms with Gasteiger partial charge < -0.3 is 5.32 Å². The maximum absolute atomic E-state index is 11.7. The van der Waals surface area contributed by atoms with Gasteiger partial charge in [0.25, 0.3) is 0 Å². The highest BCUT2D eigenvalue weighted by molar-refractivity contribution is 5.78. The Morgan fingerprint density at radius 1 is 1.39 bits per heavy atom. The Labute approximate surface area is 105 Å². The number of amides is 1. The lowest BCUT2D eigenvalue weighted by Gasteiger charge is -2.06. The fourth-order valence-corrected chi connectivity index (χ4v) is 1.65. The molecule has 0 aliphatic heterocycles. The summed E-state index contributed by atoms with van der Waals surface area (Å²) in [5.41, 5.74) is 2.18. The van der Waals surface area contributed by atoms with Gasteiger partial charge in [-0.25, -0.2) is 0 Å². The number of hydrogen-bond acceptors (Lipinski definition) is 4. The van der Waals surface area contributed by atoms with Crippen molar-refractivity contribution in [2.24, 2.45) is 0 Å². The number of aryl methyl sites for hydroxylation is 1. The summed E-state index contributed by atoms with van der Waals surface area (Å²) in [5.74, 6) is 0.610. The molecule has 0 fully saturated rings. The number of carbonyl (C=O) groups is 1. The first-order valence-corrected chi connectivity index (χ1v) is 5.79. The van der Waals surface area contributed by atoms with Gasteiger partial charge in [0.1, 0.15) is 0 Å². The van der Waals surface area contributed by atoms with E-state index in [0.717, 1.165) is 11.1 Å². The molecule has 0 aliphatic rings. The number of carbonyl (C=O) groups excluding carboxylic acids is 1. The SMILES string of the molecule is Cc1ccccc1CC(=O)NCCc1nn[nH]n1. The van der Waals surface area contributed by atoms with Crippen LogP contribution >= 0.6 is 0 Å². The Kier molecular flexibility index (Phi) is 4.01. The summed E-state index contributed by atoms with van der Waals surface area (Å²) in [6.07, 6.45) is 0.981. The first-order chi connectivity index (χ1) is 8.75. The summed E-state index contributed by atoms with van der Waals surface area (Å²) >= 11 is 0.